The Labute approximate surface area is 120 Å². The number of hydrogen-bond acceptors (Lipinski definition) is 2. The Morgan fingerprint density at radius 1 is 1.50 bits per heavy atom. The van der Waals surface area contributed by atoms with Gasteiger partial charge in [0, 0.05) is 19.1 Å². The van der Waals surface area contributed by atoms with Gasteiger partial charge >= 0.3 is 0 Å². The van der Waals surface area contributed by atoms with Crippen molar-refractivity contribution < 1.29 is 9.18 Å². The second-order valence-corrected chi connectivity index (χ2v) is 5.59. The number of nitrogens with one attached hydrogen (secondary N) is 1. The van der Waals surface area contributed by atoms with Gasteiger partial charge in [0.1, 0.15) is 5.82 Å². The van der Waals surface area contributed by atoms with Gasteiger partial charge in [0.05, 0.1) is 5.56 Å². The Morgan fingerprint density at radius 3 is 2.85 bits per heavy atom. The lowest BCUT2D eigenvalue weighted by atomic mass is 9.89. The van der Waals surface area contributed by atoms with Crippen LogP contribution in [0, 0.1) is 18.7 Å². The van der Waals surface area contributed by atoms with Crippen molar-refractivity contribution in [3.63, 3.8) is 0 Å². The van der Waals surface area contributed by atoms with Crippen LogP contribution in [0.3, 0.4) is 0 Å². The molecule has 1 aliphatic rings. The Kier molecular flexibility index (Phi) is 4.76. The molecule has 0 saturated carbocycles. The van der Waals surface area contributed by atoms with Crippen molar-refractivity contribution in [1.29, 1.82) is 0 Å². The van der Waals surface area contributed by atoms with Crippen LogP contribution in [0.5, 0.6) is 0 Å². The molecule has 110 valence electrons. The molecule has 1 aliphatic heterocycles. The Bertz CT molecular complexity index is 489. The van der Waals surface area contributed by atoms with E-state index in [1.165, 1.54) is 6.07 Å². The molecule has 1 saturated heterocycles. The van der Waals surface area contributed by atoms with Crippen LogP contribution in [-0.2, 0) is 0 Å². The first kappa shape index (κ1) is 15.0. The molecule has 1 aromatic rings. The molecule has 0 spiro atoms. The molecule has 2 unspecified atom stereocenters. The van der Waals surface area contributed by atoms with Gasteiger partial charge in [-0.3, -0.25) is 4.79 Å². The van der Waals surface area contributed by atoms with Gasteiger partial charge in [0.25, 0.3) is 5.91 Å². The van der Waals surface area contributed by atoms with Crippen molar-refractivity contribution in [2.75, 3.05) is 20.1 Å². The van der Waals surface area contributed by atoms with Crippen molar-refractivity contribution in [3.05, 3.63) is 35.1 Å². The average Bonchev–Trinajstić information content (AvgIpc) is 2.45. The van der Waals surface area contributed by atoms with Crippen LogP contribution < -0.4 is 5.32 Å². The van der Waals surface area contributed by atoms with Crippen LogP contribution in [0.1, 0.15) is 35.7 Å². The first-order chi connectivity index (χ1) is 9.56. The third-order valence-electron chi connectivity index (χ3n) is 4.27. The summed E-state index contributed by atoms with van der Waals surface area (Å²) in [6, 6.07) is 5.25. The van der Waals surface area contributed by atoms with Crippen molar-refractivity contribution in [3.8, 4) is 0 Å². The summed E-state index contributed by atoms with van der Waals surface area (Å²) in [5.74, 6) is -0.166. The van der Waals surface area contributed by atoms with Crippen LogP contribution in [-0.4, -0.2) is 37.0 Å². The summed E-state index contributed by atoms with van der Waals surface area (Å²) < 4.78 is 13.9. The van der Waals surface area contributed by atoms with Crippen molar-refractivity contribution >= 4 is 5.91 Å². The molecule has 1 fully saturated rings. The zero-order chi connectivity index (χ0) is 14.7. The van der Waals surface area contributed by atoms with E-state index < -0.39 is 5.82 Å². The van der Waals surface area contributed by atoms with Crippen LogP contribution in [0.15, 0.2) is 18.2 Å². The highest BCUT2D eigenvalue weighted by atomic mass is 19.1. The minimum Gasteiger partial charge on any atom is -0.338 e. The molecule has 2 rings (SSSR count). The van der Waals surface area contributed by atoms with E-state index in [-0.39, 0.29) is 11.5 Å². The molecule has 0 radical (unpaired) electrons. The fourth-order valence-electron chi connectivity index (χ4n) is 2.97. The molecular formula is C16H23FN2O. The van der Waals surface area contributed by atoms with Gasteiger partial charge in [-0.25, -0.2) is 4.39 Å². The van der Waals surface area contributed by atoms with Gasteiger partial charge in [0.2, 0.25) is 0 Å². The number of likely N-dealkylation sites (tertiary alicyclic amines) is 1. The lowest BCUT2D eigenvalue weighted by Crippen LogP contribution is -2.50. The highest BCUT2D eigenvalue weighted by molar-refractivity contribution is 5.94. The summed E-state index contributed by atoms with van der Waals surface area (Å²) in [4.78, 5) is 14.2. The number of hydrogen-bond donors (Lipinski definition) is 1. The number of amides is 1. The molecule has 1 amide bonds. The molecular weight excluding hydrogens is 255 g/mol. The SMILES string of the molecule is CCC1CN(C(=O)c2ccc(C)cc2F)CCC1NC. The average molecular weight is 278 g/mol. The van der Waals surface area contributed by atoms with E-state index in [4.69, 9.17) is 0 Å². The summed E-state index contributed by atoms with van der Waals surface area (Å²) in [5.41, 5.74) is 1.02. The van der Waals surface area contributed by atoms with E-state index in [1.54, 1.807) is 17.0 Å². The quantitative estimate of drug-likeness (QED) is 0.921. The predicted molar refractivity (Wildman–Crippen MR) is 78.3 cm³/mol. The topological polar surface area (TPSA) is 32.3 Å². The van der Waals surface area contributed by atoms with Gasteiger partial charge < -0.3 is 10.2 Å². The van der Waals surface area contributed by atoms with Crippen LogP contribution in [0.25, 0.3) is 0 Å². The monoisotopic (exact) mass is 278 g/mol. The number of piperidine rings is 1. The third kappa shape index (κ3) is 3.01. The minimum atomic E-state index is -0.418. The molecule has 2 atom stereocenters. The maximum atomic E-state index is 13.9. The first-order valence-corrected chi connectivity index (χ1v) is 7.29. The first-order valence-electron chi connectivity index (χ1n) is 7.29. The van der Waals surface area contributed by atoms with Gasteiger partial charge in [0.15, 0.2) is 0 Å². The summed E-state index contributed by atoms with van der Waals surface area (Å²) in [7, 11) is 1.96. The number of benzene rings is 1. The van der Waals surface area contributed by atoms with Gasteiger partial charge in [-0.15, -0.1) is 0 Å². The summed E-state index contributed by atoms with van der Waals surface area (Å²) in [5, 5.41) is 3.31. The molecule has 4 heteroatoms. The smallest absolute Gasteiger partial charge is 0.256 e. The Hall–Kier alpha value is -1.42. The molecule has 20 heavy (non-hydrogen) atoms. The lowest BCUT2D eigenvalue weighted by Gasteiger charge is -2.38. The third-order valence-corrected chi connectivity index (χ3v) is 4.27. The number of carbonyl (C=O) groups excluding carboxylic acids is 1. The fraction of sp³-hybridized carbons (Fsp3) is 0.562. The minimum absolute atomic E-state index is 0.185. The number of nitrogens with zero attached hydrogens (tertiary/aromatic N) is 1. The van der Waals surface area contributed by atoms with Crippen molar-refractivity contribution in [2.24, 2.45) is 5.92 Å². The number of aryl methyl sites for hydroxylation is 1. The summed E-state index contributed by atoms with van der Waals surface area (Å²) in [6.07, 6.45) is 1.94. The summed E-state index contributed by atoms with van der Waals surface area (Å²) >= 11 is 0. The predicted octanol–water partition coefficient (Wildman–Crippen LogP) is 2.59. The van der Waals surface area contributed by atoms with Crippen molar-refractivity contribution in [2.45, 2.75) is 32.7 Å². The van der Waals surface area contributed by atoms with E-state index >= 15 is 0 Å². The number of halogens is 1. The maximum Gasteiger partial charge on any atom is 0.256 e. The van der Waals surface area contributed by atoms with E-state index in [0.717, 1.165) is 18.4 Å². The highest BCUT2D eigenvalue weighted by Crippen LogP contribution is 2.22. The van der Waals surface area contributed by atoms with E-state index in [9.17, 15) is 9.18 Å². The second-order valence-electron chi connectivity index (χ2n) is 5.59. The number of rotatable bonds is 3. The molecule has 1 heterocycles. The van der Waals surface area contributed by atoms with Gasteiger partial charge in [-0.1, -0.05) is 19.4 Å². The Balaban J connectivity index is 2.13. The molecule has 0 aromatic heterocycles. The summed E-state index contributed by atoms with van der Waals surface area (Å²) in [6.45, 7) is 5.35. The Morgan fingerprint density at radius 2 is 2.25 bits per heavy atom. The molecule has 1 aromatic carbocycles. The molecule has 0 bridgehead atoms. The van der Waals surface area contributed by atoms with Crippen molar-refractivity contribution in [1.82, 2.24) is 10.2 Å². The lowest BCUT2D eigenvalue weighted by molar-refractivity contribution is 0.0627. The standard InChI is InChI=1S/C16H23FN2O/c1-4-12-10-19(8-7-15(12)18-3)16(20)13-6-5-11(2)9-14(13)17/h5-6,9,12,15,18H,4,7-8,10H2,1-3H3. The zero-order valence-corrected chi connectivity index (χ0v) is 12.4. The van der Waals surface area contributed by atoms with E-state index in [1.807, 2.05) is 14.0 Å². The highest BCUT2D eigenvalue weighted by Gasteiger charge is 2.30. The zero-order valence-electron chi connectivity index (χ0n) is 12.4. The largest absolute Gasteiger partial charge is 0.338 e. The maximum absolute atomic E-state index is 13.9. The van der Waals surface area contributed by atoms with Gasteiger partial charge in [-0.2, -0.15) is 0 Å². The van der Waals surface area contributed by atoms with E-state index in [2.05, 4.69) is 12.2 Å². The number of carbonyl (C=O) groups is 1. The van der Waals surface area contributed by atoms with Crippen LogP contribution >= 0.6 is 0 Å². The van der Waals surface area contributed by atoms with Crippen LogP contribution in [0.4, 0.5) is 4.39 Å². The second kappa shape index (κ2) is 6.35. The van der Waals surface area contributed by atoms with Gasteiger partial charge in [-0.05, 0) is 44.0 Å². The van der Waals surface area contributed by atoms with E-state index in [0.29, 0.717) is 25.0 Å². The normalized spacial score (nSPS) is 22.9. The fourth-order valence-corrected chi connectivity index (χ4v) is 2.97. The molecule has 3 nitrogen and oxygen atoms in total. The van der Waals surface area contributed by atoms with Crippen LogP contribution in [0.2, 0.25) is 0 Å². The molecule has 1 N–H and O–H groups in total. The molecule has 0 aliphatic carbocycles.